The molecule has 1 heterocycles. The van der Waals surface area contributed by atoms with E-state index in [4.69, 9.17) is 5.11 Å². The summed E-state index contributed by atoms with van der Waals surface area (Å²) in [6.07, 6.45) is 3.09. The molecule has 0 bridgehead atoms. The maximum atomic E-state index is 12.1. The molecule has 1 aliphatic rings. The van der Waals surface area contributed by atoms with Gasteiger partial charge in [-0.1, -0.05) is 6.92 Å². The van der Waals surface area contributed by atoms with Crippen LogP contribution in [0, 0.1) is 0 Å². The van der Waals surface area contributed by atoms with Gasteiger partial charge in [0, 0.05) is 12.1 Å². The molecule has 1 rings (SSSR count). The van der Waals surface area contributed by atoms with Crippen molar-refractivity contribution in [2.45, 2.75) is 71.1 Å². The molecule has 0 saturated carbocycles. The Morgan fingerprint density at radius 3 is 2.35 bits per heavy atom. The van der Waals surface area contributed by atoms with Crippen molar-refractivity contribution < 1.29 is 9.90 Å². The van der Waals surface area contributed by atoms with Crippen molar-refractivity contribution in [1.29, 1.82) is 0 Å². The average molecular weight is 242 g/mol. The summed E-state index contributed by atoms with van der Waals surface area (Å²) in [4.78, 5) is 14.4. The molecule has 1 amide bonds. The van der Waals surface area contributed by atoms with Crippen LogP contribution >= 0.6 is 0 Å². The molecule has 1 fully saturated rings. The number of nitrogens with one attached hydrogen (secondary N) is 1. The highest BCUT2D eigenvalue weighted by molar-refractivity contribution is 5.81. The molecule has 0 aromatic rings. The van der Waals surface area contributed by atoms with Crippen molar-refractivity contribution in [3.8, 4) is 0 Å². The van der Waals surface area contributed by atoms with Gasteiger partial charge in [-0.3, -0.25) is 9.69 Å². The predicted octanol–water partition coefficient (Wildman–Crippen LogP) is 1.13. The number of rotatable bonds is 5. The van der Waals surface area contributed by atoms with Crippen molar-refractivity contribution in [2.75, 3.05) is 6.61 Å². The molecule has 0 aromatic heterocycles. The Balaban J connectivity index is 2.56. The minimum absolute atomic E-state index is 0.0140. The number of amides is 1. The third-order valence-corrected chi connectivity index (χ3v) is 3.91. The van der Waals surface area contributed by atoms with Crippen LogP contribution in [0.2, 0.25) is 0 Å². The van der Waals surface area contributed by atoms with E-state index in [-0.39, 0.29) is 24.6 Å². The average Bonchev–Trinajstić information content (AvgIpc) is 2.64. The summed E-state index contributed by atoms with van der Waals surface area (Å²) in [6, 6.07) is 0.723. The standard InChI is InChI=1S/C13H26N2O2/c1-5-12(8-16)14-13(17)11(4)15-9(2)6-7-10(15)3/h9-12,16H,5-8H2,1-4H3,(H,14,17)/t9-,10+,11-,12-/m1/s1. The zero-order valence-electron chi connectivity index (χ0n) is 11.4. The molecule has 0 aliphatic carbocycles. The summed E-state index contributed by atoms with van der Waals surface area (Å²) in [5.74, 6) is 0.0338. The lowest BCUT2D eigenvalue weighted by Crippen LogP contribution is -2.51. The van der Waals surface area contributed by atoms with Crippen LogP contribution in [0.4, 0.5) is 0 Å². The fourth-order valence-corrected chi connectivity index (χ4v) is 2.71. The van der Waals surface area contributed by atoms with Gasteiger partial charge in [0.1, 0.15) is 0 Å². The van der Waals surface area contributed by atoms with Crippen LogP contribution in [0.1, 0.15) is 47.0 Å². The Bertz CT molecular complexity index is 244. The molecule has 100 valence electrons. The van der Waals surface area contributed by atoms with E-state index >= 15 is 0 Å². The van der Waals surface area contributed by atoms with Gasteiger partial charge in [-0.05, 0) is 40.0 Å². The minimum atomic E-state index is -0.113. The monoisotopic (exact) mass is 242 g/mol. The van der Waals surface area contributed by atoms with Crippen LogP contribution in [0.3, 0.4) is 0 Å². The van der Waals surface area contributed by atoms with Crippen molar-refractivity contribution >= 4 is 5.91 Å². The number of aliphatic hydroxyl groups is 1. The fraction of sp³-hybridized carbons (Fsp3) is 0.923. The third-order valence-electron chi connectivity index (χ3n) is 3.91. The minimum Gasteiger partial charge on any atom is -0.394 e. The van der Waals surface area contributed by atoms with Gasteiger partial charge in [0.05, 0.1) is 18.7 Å². The van der Waals surface area contributed by atoms with E-state index < -0.39 is 0 Å². The van der Waals surface area contributed by atoms with Gasteiger partial charge in [0.2, 0.25) is 5.91 Å². The number of carbonyl (C=O) groups is 1. The number of nitrogens with zero attached hydrogens (tertiary/aromatic N) is 1. The molecule has 4 heteroatoms. The first kappa shape index (κ1) is 14.5. The van der Waals surface area contributed by atoms with Crippen LogP contribution in [-0.2, 0) is 4.79 Å². The zero-order chi connectivity index (χ0) is 13.0. The highest BCUT2D eigenvalue weighted by Crippen LogP contribution is 2.25. The van der Waals surface area contributed by atoms with E-state index in [1.54, 1.807) is 0 Å². The van der Waals surface area contributed by atoms with E-state index in [0.717, 1.165) is 19.3 Å². The molecule has 0 unspecified atom stereocenters. The van der Waals surface area contributed by atoms with E-state index in [2.05, 4.69) is 24.1 Å². The summed E-state index contributed by atoms with van der Waals surface area (Å²) in [7, 11) is 0. The quantitative estimate of drug-likeness (QED) is 0.760. The molecular formula is C13H26N2O2. The number of hydrogen-bond acceptors (Lipinski definition) is 3. The molecule has 2 N–H and O–H groups in total. The van der Waals surface area contributed by atoms with Crippen molar-refractivity contribution in [3.63, 3.8) is 0 Å². The summed E-state index contributed by atoms with van der Waals surface area (Å²) in [6.45, 7) is 8.29. The van der Waals surface area contributed by atoms with Gasteiger partial charge < -0.3 is 10.4 Å². The summed E-state index contributed by atoms with van der Waals surface area (Å²) in [5.41, 5.74) is 0. The zero-order valence-corrected chi connectivity index (χ0v) is 11.4. The van der Waals surface area contributed by atoms with Crippen molar-refractivity contribution in [1.82, 2.24) is 10.2 Å². The Hall–Kier alpha value is -0.610. The van der Waals surface area contributed by atoms with Crippen LogP contribution in [0.25, 0.3) is 0 Å². The maximum absolute atomic E-state index is 12.1. The highest BCUT2D eigenvalue weighted by atomic mass is 16.3. The van der Waals surface area contributed by atoms with Gasteiger partial charge in [0.15, 0.2) is 0 Å². The third kappa shape index (κ3) is 3.42. The Morgan fingerprint density at radius 2 is 1.94 bits per heavy atom. The lowest BCUT2D eigenvalue weighted by molar-refractivity contribution is -0.127. The summed E-state index contributed by atoms with van der Waals surface area (Å²) >= 11 is 0. The maximum Gasteiger partial charge on any atom is 0.237 e. The first-order valence-corrected chi connectivity index (χ1v) is 6.69. The Labute approximate surface area is 104 Å². The second-order valence-electron chi connectivity index (χ2n) is 5.19. The second-order valence-corrected chi connectivity index (χ2v) is 5.19. The Morgan fingerprint density at radius 1 is 1.41 bits per heavy atom. The van der Waals surface area contributed by atoms with Crippen LogP contribution in [0.5, 0.6) is 0 Å². The van der Waals surface area contributed by atoms with Crippen LogP contribution < -0.4 is 5.32 Å². The van der Waals surface area contributed by atoms with Crippen LogP contribution in [-0.4, -0.2) is 46.7 Å². The van der Waals surface area contributed by atoms with Gasteiger partial charge in [-0.15, -0.1) is 0 Å². The normalized spacial score (nSPS) is 29.0. The number of aliphatic hydroxyl groups excluding tert-OH is 1. The van der Waals surface area contributed by atoms with Crippen molar-refractivity contribution in [2.24, 2.45) is 0 Å². The Kier molecular flexibility index (Phi) is 5.40. The molecule has 4 nitrogen and oxygen atoms in total. The van der Waals surface area contributed by atoms with Gasteiger partial charge in [-0.2, -0.15) is 0 Å². The SMILES string of the molecule is CC[C@H](CO)NC(=O)[C@@H](C)N1[C@H](C)CC[C@@H]1C. The van der Waals surface area contributed by atoms with Crippen LogP contribution in [0.15, 0.2) is 0 Å². The highest BCUT2D eigenvalue weighted by Gasteiger charge is 2.34. The summed E-state index contributed by atoms with van der Waals surface area (Å²) in [5, 5.41) is 12.0. The van der Waals surface area contributed by atoms with E-state index in [1.165, 1.54) is 0 Å². The van der Waals surface area contributed by atoms with Crippen molar-refractivity contribution in [3.05, 3.63) is 0 Å². The molecule has 1 saturated heterocycles. The molecule has 0 aromatic carbocycles. The van der Waals surface area contributed by atoms with Gasteiger partial charge in [0.25, 0.3) is 0 Å². The molecule has 1 aliphatic heterocycles. The molecule has 0 spiro atoms. The lowest BCUT2D eigenvalue weighted by atomic mass is 10.1. The fourth-order valence-electron chi connectivity index (χ4n) is 2.71. The first-order chi connectivity index (χ1) is 8.01. The molecule has 0 radical (unpaired) electrons. The topological polar surface area (TPSA) is 52.6 Å². The van der Waals surface area contributed by atoms with E-state index in [1.807, 2.05) is 13.8 Å². The van der Waals surface area contributed by atoms with E-state index in [0.29, 0.717) is 12.1 Å². The van der Waals surface area contributed by atoms with Gasteiger partial charge in [-0.25, -0.2) is 0 Å². The van der Waals surface area contributed by atoms with E-state index in [9.17, 15) is 4.79 Å². The molecular weight excluding hydrogens is 216 g/mol. The summed E-state index contributed by atoms with van der Waals surface area (Å²) < 4.78 is 0. The molecule has 17 heavy (non-hydrogen) atoms. The number of hydrogen-bond donors (Lipinski definition) is 2. The lowest BCUT2D eigenvalue weighted by Gasteiger charge is -2.32. The number of carbonyl (C=O) groups excluding carboxylic acids is 1. The predicted molar refractivity (Wildman–Crippen MR) is 68.8 cm³/mol. The van der Waals surface area contributed by atoms with Gasteiger partial charge >= 0.3 is 0 Å². The smallest absolute Gasteiger partial charge is 0.237 e. The number of likely N-dealkylation sites (tertiary alicyclic amines) is 1. The second kappa shape index (κ2) is 6.36. The largest absolute Gasteiger partial charge is 0.394 e. The molecule has 4 atom stereocenters. The first-order valence-electron chi connectivity index (χ1n) is 6.69.